The first-order valence-electron chi connectivity index (χ1n) is 17.2. The topological polar surface area (TPSA) is 26.3 Å². The molecule has 5 saturated carbocycles. The third-order valence-corrected chi connectivity index (χ3v) is 15.2. The van der Waals surface area contributed by atoms with Crippen LogP contribution in [0.4, 0.5) is 0 Å². The number of aryl methyl sites for hydroxylation is 1. The summed E-state index contributed by atoms with van der Waals surface area (Å²) in [6.07, 6.45) is 14.5. The van der Waals surface area contributed by atoms with E-state index in [1.54, 1.807) is 0 Å². The molecule has 2 nitrogen and oxygen atoms in total. The number of allylic oxidation sites excluding steroid dienone is 1. The number of fused-ring (bicyclic) bond motifs is 7. The third-order valence-electron chi connectivity index (χ3n) is 15.2. The first-order valence-corrected chi connectivity index (χ1v) is 17.2. The molecule has 0 N–H and O–H groups in total. The van der Waals surface area contributed by atoms with Gasteiger partial charge >= 0.3 is 5.97 Å². The van der Waals surface area contributed by atoms with Crippen LogP contribution in [0.2, 0.25) is 0 Å². The highest BCUT2D eigenvalue weighted by Gasteiger charge is 2.70. The zero-order chi connectivity index (χ0) is 29.4. The Labute approximate surface area is 251 Å². The average Bonchev–Trinajstić information content (AvgIpc) is 3.28. The van der Waals surface area contributed by atoms with Crippen molar-refractivity contribution < 1.29 is 9.53 Å². The van der Waals surface area contributed by atoms with Crippen molar-refractivity contribution in [1.29, 1.82) is 0 Å². The molecule has 0 bridgehead atoms. The molecule has 0 amide bonds. The molecule has 0 aliphatic heterocycles. The zero-order valence-electron chi connectivity index (χ0n) is 27.4. The Bertz CT molecular complexity index is 1170. The number of rotatable bonds is 5. The fraction of sp³-hybridized carbons (Fsp3) is 0.769. The van der Waals surface area contributed by atoms with Gasteiger partial charge in [0.1, 0.15) is 6.10 Å². The summed E-state index contributed by atoms with van der Waals surface area (Å²) in [6.45, 7) is 22.5. The van der Waals surface area contributed by atoms with Gasteiger partial charge in [0.25, 0.3) is 0 Å². The summed E-state index contributed by atoms with van der Waals surface area (Å²) in [5.74, 6) is 3.74. The second kappa shape index (κ2) is 9.99. The van der Waals surface area contributed by atoms with Gasteiger partial charge in [0.05, 0.1) is 0 Å². The molecule has 0 aromatic heterocycles. The van der Waals surface area contributed by atoms with Crippen molar-refractivity contribution in [1.82, 2.24) is 0 Å². The molecule has 5 aliphatic carbocycles. The Morgan fingerprint density at radius 2 is 1.56 bits per heavy atom. The van der Waals surface area contributed by atoms with Crippen molar-refractivity contribution in [2.45, 2.75) is 132 Å². The second-order valence-electron chi connectivity index (χ2n) is 17.2. The highest BCUT2D eigenvalue weighted by atomic mass is 16.5. The van der Waals surface area contributed by atoms with E-state index < -0.39 is 0 Å². The van der Waals surface area contributed by atoms with Crippen molar-refractivity contribution in [3.05, 3.63) is 48.0 Å². The van der Waals surface area contributed by atoms with Crippen molar-refractivity contribution in [2.24, 2.45) is 56.7 Å². The van der Waals surface area contributed by atoms with Gasteiger partial charge in [0.15, 0.2) is 0 Å². The molecular formula is C39H58O2. The van der Waals surface area contributed by atoms with Crippen LogP contribution in [0.1, 0.15) is 125 Å². The molecule has 6 rings (SSSR count). The molecule has 2 heteroatoms. The SMILES string of the molecule is C=C(C)[C@@H]1CC[C@]2(C)CC[C@@]3(C)[C@H](CC[C@@H]4[C@@]5(C)CC[C@@H](OC(=O)CCc6ccccc6)C(C)(C)[C@@H]5CC[C@@]43C)[C@H]12. The minimum absolute atomic E-state index is 0.0100. The molecule has 0 spiro atoms. The van der Waals surface area contributed by atoms with E-state index in [1.807, 2.05) is 6.07 Å². The number of carbonyl (C=O) groups is 1. The number of hydrogen-bond donors (Lipinski definition) is 0. The van der Waals surface area contributed by atoms with E-state index in [0.29, 0.717) is 34.0 Å². The predicted molar refractivity (Wildman–Crippen MR) is 169 cm³/mol. The Hall–Kier alpha value is -1.57. The molecule has 5 aliphatic rings. The molecule has 0 radical (unpaired) electrons. The highest BCUT2D eigenvalue weighted by molar-refractivity contribution is 5.70. The van der Waals surface area contributed by atoms with Gasteiger partial charge in [-0.25, -0.2) is 0 Å². The largest absolute Gasteiger partial charge is 0.462 e. The van der Waals surface area contributed by atoms with Gasteiger partial charge in [-0.3, -0.25) is 4.79 Å². The Morgan fingerprint density at radius 3 is 2.27 bits per heavy atom. The minimum Gasteiger partial charge on any atom is -0.462 e. The summed E-state index contributed by atoms with van der Waals surface area (Å²) in [4.78, 5) is 13.1. The Morgan fingerprint density at radius 1 is 0.829 bits per heavy atom. The molecule has 41 heavy (non-hydrogen) atoms. The van der Waals surface area contributed by atoms with E-state index in [2.05, 4.69) is 79.3 Å². The standard InChI is InChI=1S/C39H58O2/c1-26(2)28-18-21-36(5)24-25-38(7)29(34(28)36)15-16-31-37(6)22-20-32(35(3,4)30(37)19-23-39(31,38)8)41-33(40)17-14-27-12-10-9-11-13-27/h9-13,28-32,34H,1,14-25H2,2-8H3/t28-,29+,30-,31+,32+,34-,36+,37-,38-,39-/m0/s1. The first-order chi connectivity index (χ1) is 19.3. The summed E-state index contributed by atoms with van der Waals surface area (Å²) >= 11 is 0. The van der Waals surface area contributed by atoms with Crippen molar-refractivity contribution in [3.8, 4) is 0 Å². The maximum absolute atomic E-state index is 13.1. The van der Waals surface area contributed by atoms with Crippen LogP contribution >= 0.6 is 0 Å². The van der Waals surface area contributed by atoms with Gasteiger partial charge in [-0.15, -0.1) is 0 Å². The van der Waals surface area contributed by atoms with Crippen LogP contribution in [-0.4, -0.2) is 12.1 Å². The van der Waals surface area contributed by atoms with Crippen LogP contribution < -0.4 is 0 Å². The fourth-order valence-corrected chi connectivity index (χ4v) is 12.8. The van der Waals surface area contributed by atoms with E-state index in [4.69, 9.17) is 4.74 Å². The molecule has 1 aromatic carbocycles. The monoisotopic (exact) mass is 558 g/mol. The molecule has 0 saturated heterocycles. The zero-order valence-corrected chi connectivity index (χ0v) is 27.4. The third kappa shape index (κ3) is 4.34. The van der Waals surface area contributed by atoms with E-state index in [0.717, 1.165) is 36.5 Å². The van der Waals surface area contributed by atoms with Gasteiger partial charge < -0.3 is 4.74 Å². The fourth-order valence-electron chi connectivity index (χ4n) is 12.8. The summed E-state index contributed by atoms with van der Waals surface area (Å²) in [5.41, 5.74) is 4.31. The molecule has 0 unspecified atom stereocenters. The first kappa shape index (κ1) is 29.5. The second-order valence-corrected chi connectivity index (χ2v) is 17.2. The van der Waals surface area contributed by atoms with Crippen molar-refractivity contribution in [3.63, 3.8) is 0 Å². The van der Waals surface area contributed by atoms with Gasteiger partial charge in [-0.1, -0.05) is 84.0 Å². The quantitative estimate of drug-likeness (QED) is 0.265. The molecule has 0 heterocycles. The number of benzene rings is 1. The van der Waals surface area contributed by atoms with Crippen LogP contribution in [0.15, 0.2) is 42.5 Å². The predicted octanol–water partition coefficient (Wildman–Crippen LogP) is 10.2. The summed E-state index contributed by atoms with van der Waals surface area (Å²) in [5, 5.41) is 0. The van der Waals surface area contributed by atoms with Gasteiger partial charge in [-0.05, 0) is 134 Å². The normalized spacial score (nSPS) is 46.4. The maximum atomic E-state index is 13.1. The lowest BCUT2D eigenvalue weighted by Crippen LogP contribution is -2.66. The van der Waals surface area contributed by atoms with E-state index >= 15 is 0 Å². The van der Waals surface area contributed by atoms with Crippen molar-refractivity contribution >= 4 is 5.97 Å². The Balaban J connectivity index is 1.21. The molecule has 226 valence electrons. The highest BCUT2D eigenvalue weighted by Crippen LogP contribution is 2.77. The van der Waals surface area contributed by atoms with Crippen LogP contribution in [0.3, 0.4) is 0 Å². The lowest BCUT2D eigenvalue weighted by Gasteiger charge is -2.73. The van der Waals surface area contributed by atoms with Crippen molar-refractivity contribution in [2.75, 3.05) is 0 Å². The average molecular weight is 559 g/mol. The molecule has 1 aromatic rings. The Kier molecular flexibility index (Phi) is 7.18. The minimum atomic E-state index is -0.0157. The molecular weight excluding hydrogens is 500 g/mol. The number of esters is 1. The summed E-state index contributed by atoms with van der Waals surface area (Å²) in [7, 11) is 0. The van der Waals surface area contributed by atoms with Crippen LogP contribution in [0.25, 0.3) is 0 Å². The smallest absolute Gasteiger partial charge is 0.306 e. The number of hydrogen-bond acceptors (Lipinski definition) is 2. The van der Waals surface area contributed by atoms with Gasteiger partial charge in [-0.2, -0.15) is 0 Å². The number of ether oxygens (including phenoxy) is 1. The lowest BCUT2D eigenvalue weighted by molar-refractivity contribution is -0.249. The van der Waals surface area contributed by atoms with Crippen LogP contribution in [-0.2, 0) is 16.0 Å². The van der Waals surface area contributed by atoms with Crippen LogP contribution in [0, 0.1) is 56.7 Å². The van der Waals surface area contributed by atoms with Gasteiger partial charge in [0, 0.05) is 11.8 Å². The molecule has 5 fully saturated rings. The molecule has 10 atom stereocenters. The maximum Gasteiger partial charge on any atom is 0.306 e. The summed E-state index contributed by atoms with van der Waals surface area (Å²) in [6, 6.07) is 10.3. The van der Waals surface area contributed by atoms with E-state index in [-0.39, 0.29) is 17.5 Å². The summed E-state index contributed by atoms with van der Waals surface area (Å²) < 4.78 is 6.33. The number of carbonyl (C=O) groups excluding carboxylic acids is 1. The van der Waals surface area contributed by atoms with E-state index in [9.17, 15) is 4.79 Å². The lowest BCUT2D eigenvalue weighted by atomic mass is 9.32. The van der Waals surface area contributed by atoms with Gasteiger partial charge in [0.2, 0.25) is 0 Å². The van der Waals surface area contributed by atoms with E-state index in [1.165, 1.54) is 68.9 Å². The van der Waals surface area contributed by atoms with Crippen LogP contribution in [0.5, 0.6) is 0 Å².